The molecule has 1 rings (SSSR count). The van der Waals surface area contributed by atoms with Crippen LogP contribution in [0.1, 0.15) is 41.0 Å². The summed E-state index contributed by atoms with van der Waals surface area (Å²) in [6.45, 7) is 10.3. The fourth-order valence-corrected chi connectivity index (χ4v) is 3.46. The van der Waals surface area contributed by atoms with Crippen molar-refractivity contribution in [3.8, 4) is 0 Å². The van der Waals surface area contributed by atoms with Crippen molar-refractivity contribution >= 4 is 49.0 Å². The van der Waals surface area contributed by atoms with Crippen LogP contribution in [-0.2, 0) is 9.53 Å². The molecule has 88 valence electrons. The Labute approximate surface area is 119 Å². The van der Waals surface area contributed by atoms with Gasteiger partial charge in [-0.25, -0.2) is 0 Å². The molecule has 0 aliphatic heterocycles. The molecule has 15 heavy (non-hydrogen) atoms. The van der Waals surface area contributed by atoms with E-state index >= 15 is 0 Å². The highest BCUT2D eigenvalue weighted by Crippen LogP contribution is 2.60. The van der Waals surface area contributed by atoms with Gasteiger partial charge in [-0.15, -0.1) is 0 Å². The second-order valence-electron chi connectivity index (χ2n) is 5.52. The molecule has 0 spiro atoms. The smallest absolute Gasteiger partial charge is 0.198 e. The Balaban J connectivity index is 2.71. The lowest BCUT2D eigenvalue weighted by Crippen LogP contribution is -2.37. The number of hydrogen-bond acceptors (Lipinski definition) is 2. The molecule has 1 aliphatic rings. The van der Waals surface area contributed by atoms with Crippen LogP contribution in [0.25, 0.3) is 0 Å². The maximum absolute atomic E-state index is 11.5. The van der Waals surface area contributed by atoms with E-state index in [1.54, 1.807) is 0 Å². The van der Waals surface area contributed by atoms with Crippen molar-refractivity contribution in [1.82, 2.24) is 0 Å². The van der Waals surface area contributed by atoms with E-state index in [1.807, 2.05) is 43.4 Å². The van der Waals surface area contributed by atoms with Gasteiger partial charge < -0.3 is 4.74 Å². The van der Waals surface area contributed by atoms with Crippen molar-refractivity contribution in [1.29, 1.82) is 0 Å². The number of ether oxygens (including phenoxy) is 1. The van der Waals surface area contributed by atoms with Crippen LogP contribution >= 0.6 is 45.2 Å². The molecule has 0 aromatic rings. The Morgan fingerprint density at radius 3 is 2.13 bits per heavy atom. The summed E-state index contributed by atoms with van der Waals surface area (Å²) in [6.07, 6.45) is 0.953. The van der Waals surface area contributed by atoms with Crippen LogP contribution in [0.4, 0.5) is 0 Å². The van der Waals surface area contributed by atoms with E-state index < -0.39 is 0 Å². The number of alkyl halides is 1. The molecule has 0 radical (unpaired) electrons. The molecule has 0 amide bonds. The quantitative estimate of drug-likeness (QED) is 0.380. The summed E-state index contributed by atoms with van der Waals surface area (Å²) in [4.78, 5) is 11.5. The fourth-order valence-electron chi connectivity index (χ4n) is 2.29. The molecule has 1 saturated carbocycles. The van der Waals surface area contributed by atoms with Gasteiger partial charge in [-0.3, -0.25) is 4.79 Å². The van der Waals surface area contributed by atoms with Crippen molar-refractivity contribution in [2.75, 3.05) is 0 Å². The van der Waals surface area contributed by atoms with E-state index in [1.165, 1.54) is 0 Å². The van der Waals surface area contributed by atoms with E-state index in [4.69, 9.17) is 4.74 Å². The van der Waals surface area contributed by atoms with Crippen LogP contribution in [0.2, 0.25) is 0 Å². The van der Waals surface area contributed by atoms with Crippen LogP contribution in [0.3, 0.4) is 0 Å². The molecule has 0 N–H and O–H groups in total. The lowest BCUT2D eigenvalue weighted by atomic mass is 9.95. The molecule has 0 saturated heterocycles. The fraction of sp³-hybridized carbons (Fsp3) is 0.909. The van der Waals surface area contributed by atoms with E-state index in [9.17, 15) is 4.79 Å². The first kappa shape index (κ1) is 14.2. The molecular formula is C11H18I2O2. The Morgan fingerprint density at radius 2 is 1.87 bits per heavy atom. The predicted octanol–water partition coefficient (Wildman–Crippen LogP) is 3.94. The van der Waals surface area contributed by atoms with Gasteiger partial charge in [-0.1, -0.05) is 6.92 Å². The Morgan fingerprint density at radius 1 is 1.40 bits per heavy atom. The second-order valence-corrected chi connectivity index (χ2v) is 9.09. The van der Waals surface area contributed by atoms with Crippen molar-refractivity contribution in [3.63, 3.8) is 0 Å². The van der Waals surface area contributed by atoms with Gasteiger partial charge >= 0.3 is 0 Å². The van der Waals surface area contributed by atoms with Gasteiger partial charge in [0, 0.05) is 33.9 Å². The molecule has 1 fully saturated rings. The zero-order valence-corrected chi connectivity index (χ0v) is 14.2. The third-order valence-corrected chi connectivity index (χ3v) is 4.48. The van der Waals surface area contributed by atoms with E-state index in [0.29, 0.717) is 5.92 Å². The molecule has 0 aromatic carbocycles. The Kier molecular flexibility index (Phi) is 3.85. The maximum atomic E-state index is 11.5. The Hall–Kier alpha value is 1.09. The zero-order chi connectivity index (χ0) is 12.1. The third kappa shape index (κ3) is 3.28. The molecule has 0 heterocycles. The lowest BCUT2D eigenvalue weighted by molar-refractivity contribution is -0.118. The first-order chi connectivity index (χ1) is 6.49. The standard InChI is InChI=1S/C11H18I2O2/c1-9(2,15-10(3,4)13)7-6-11(7,5)8(12)14/h7H,6H2,1-5H3. The lowest BCUT2D eigenvalue weighted by Gasteiger charge is -2.34. The maximum Gasteiger partial charge on any atom is 0.198 e. The first-order valence-corrected chi connectivity index (χ1v) is 7.24. The number of rotatable bonds is 4. The minimum Gasteiger partial charge on any atom is -0.359 e. The highest BCUT2D eigenvalue weighted by Gasteiger charge is 2.62. The van der Waals surface area contributed by atoms with Gasteiger partial charge in [0.15, 0.2) is 3.79 Å². The molecule has 2 nitrogen and oxygen atoms in total. The summed E-state index contributed by atoms with van der Waals surface area (Å²) in [7, 11) is 0. The van der Waals surface area contributed by atoms with Crippen LogP contribution in [0, 0.1) is 11.3 Å². The highest BCUT2D eigenvalue weighted by atomic mass is 127. The summed E-state index contributed by atoms with van der Waals surface area (Å²) in [5.41, 5.74) is -0.383. The normalized spacial score (nSPS) is 31.5. The third-order valence-electron chi connectivity index (χ3n) is 3.03. The average molecular weight is 436 g/mol. The predicted molar refractivity (Wildman–Crippen MR) is 78.5 cm³/mol. The monoisotopic (exact) mass is 436 g/mol. The number of carbonyl (C=O) groups is 1. The van der Waals surface area contributed by atoms with Crippen molar-refractivity contribution in [2.45, 2.75) is 50.2 Å². The molecule has 1 aliphatic carbocycles. The Bertz CT molecular complexity index is 281. The van der Waals surface area contributed by atoms with Gasteiger partial charge in [-0.05, 0) is 56.7 Å². The highest BCUT2D eigenvalue weighted by molar-refractivity contribution is 14.1. The van der Waals surface area contributed by atoms with Gasteiger partial charge in [0.25, 0.3) is 0 Å². The van der Waals surface area contributed by atoms with Gasteiger partial charge in [0.05, 0.1) is 5.60 Å². The SMILES string of the molecule is CC(C)(I)OC(C)(C)C1CC1(C)C(=O)I. The van der Waals surface area contributed by atoms with Gasteiger partial charge in [-0.2, -0.15) is 0 Å². The van der Waals surface area contributed by atoms with Gasteiger partial charge in [0.2, 0.25) is 0 Å². The molecular weight excluding hydrogens is 418 g/mol. The summed E-state index contributed by atoms with van der Waals surface area (Å²) in [5.74, 6) is 0.350. The van der Waals surface area contributed by atoms with E-state index in [2.05, 4.69) is 36.4 Å². The van der Waals surface area contributed by atoms with Crippen molar-refractivity contribution in [3.05, 3.63) is 0 Å². The minimum absolute atomic E-state index is 0.161. The van der Waals surface area contributed by atoms with Crippen molar-refractivity contribution < 1.29 is 9.53 Å². The minimum atomic E-state index is -0.222. The molecule has 4 heteroatoms. The summed E-state index contributed by atoms with van der Waals surface area (Å²) in [5, 5.41) is 0. The largest absolute Gasteiger partial charge is 0.359 e. The van der Waals surface area contributed by atoms with E-state index in [0.717, 1.165) is 6.42 Å². The second kappa shape index (κ2) is 4.08. The summed E-state index contributed by atoms with van der Waals surface area (Å²) < 4.78 is 6.10. The molecule has 0 bridgehead atoms. The molecule has 0 aromatic heterocycles. The van der Waals surface area contributed by atoms with Crippen LogP contribution in [0.15, 0.2) is 0 Å². The first-order valence-electron chi connectivity index (χ1n) is 5.08. The van der Waals surface area contributed by atoms with E-state index in [-0.39, 0.29) is 18.4 Å². The number of hydrogen-bond donors (Lipinski definition) is 0. The number of halogens is 2. The van der Waals surface area contributed by atoms with Crippen molar-refractivity contribution in [2.24, 2.45) is 11.3 Å². The van der Waals surface area contributed by atoms with Crippen LogP contribution in [-0.4, -0.2) is 13.0 Å². The molecule has 2 atom stereocenters. The zero-order valence-electron chi connectivity index (χ0n) is 9.86. The number of carbonyl (C=O) groups excluding carboxylic acids is 1. The van der Waals surface area contributed by atoms with Crippen LogP contribution in [0.5, 0.6) is 0 Å². The summed E-state index contributed by atoms with van der Waals surface area (Å²) >= 11 is 4.19. The topological polar surface area (TPSA) is 26.3 Å². The summed E-state index contributed by atoms with van der Waals surface area (Å²) in [6, 6.07) is 0. The molecule has 2 unspecified atom stereocenters. The van der Waals surface area contributed by atoms with Crippen LogP contribution < -0.4 is 0 Å². The van der Waals surface area contributed by atoms with Gasteiger partial charge in [0.1, 0.15) is 3.61 Å². The average Bonchev–Trinajstić information content (AvgIpc) is 2.58.